The van der Waals surface area contributed by atoms with Crippen LogP contribution in [0.2, 0.25) is 0 Å². The summed E-state index contributed by atoms with van der Waals surface area (Å²) in [4.78, 5) is 22.7. The summed E-state index contributed by atoms with van der Waals surface area (Å²) in [7, 11) is 1.29. The molecule has 0 heterocycles. The van der Waals surface area contributed by atoms with Crippen LogP contribution >= 0.6 is 0 Å². The average Bonchev–Trinajstić information content (AvgIpc) is 2.69. The first-order valence-electron chi connectivity index (χ1n) is 11.5. The minimum absolute atomic E-state index is 0.103. The molecule has 0 radical (unpaired) electrons. The van der Waals surface area contributed by atoms with Crippen molar-refractivity contribution in [3.63, 3.8) is 0 Å². The van der Waals surface area contributed by atoms with Crippen molar-refractivity contribution >= 4 is 11.9 Å². The van der Waals surface area contributed by atoms with Crippen molar-refractivity contribution in [2.45, 2.75) is 116 Å². The quantitative estimate of drug-likeness (QED) is 0.127. The maximum Gasteiger partial charge on any atom is 0.333 e. The van der Waals surface area contributed by atoms with Gasteiger partial charge in [0.1, 0.15) is 0 Å². The highest BCUT2D eigenvalue weighted by atomic mass is 16.5. The van der Waals surface area contributed by atoms with E-state index in [1.165, 1.54) is 97.0 Å². The maximum absolute atomic E-state index is 11.6. The molecule has 0 saturated heterocycles. The zero-order valence-corrected chi connectivity index (χ0v) is 18.6. The van der Waals surface area contributed by atoms with Crippen LogP contribution in [0.15, 0.2) is 12.2 Å². The number of rotatable bonds is 20. The highest BCUT2D eigenvalue weighted by Gasteiger charge is 2.12. The maximum atomic E-state index is 11.6. The molecular formula is C24H44O4. The summed E-state index contributed by atoms with van der Waals surface area (Å²) < 4.78 is 9.62. The number of carbonyl (C=O) groups is 2. The van der Waals surface area contributed by atoms with Crippen LogP contribution in [-0.4, -0.2) is 25.7 Å². The van der Waals surface area contributed by atoms with Gasteiger partial charge in [0.15, 0.2) is 0 Å². The molecule has 0 aromatic carbocycles. The summed E-state index contributed by atoms with van der Waals surface area (Å²) >= 11 is 0. The monoisotopic (exact) mass is 396 g/mol. The Balaban J connectivity index is 3.24. The fraction of sp³-hybridized carbons (Fsp3) is 0.833. The molecule has 0 rings (SSSR count). The van der Waals surface area contributed by atoms with Crippen molar-refractivity contribution < 1.29 is 19.1 Å². The van der Waals surface area contributed by atoms with Crippen LogP contribution < -0.4 is 0 Å². The van der Waals surface area contributed by atoms with Crippen molar-refractivity contribution in [1.29, 1.82) is 0 Å². The first-order chi connectivity index (χ1) is 13.6. The molecule has 0 aromatic rings. The van der Waals surface area contributed by atoms with Gasteiger partial charge in [-0.3, -0.25) is 4.79 Å². The fourth-order valence-corrected chi connectivity index (χ4v) is 3.24. The van der Waals surface area contributed by atoms with Crippen LogP contribution in [0.25, 0.3) is 0 Å². The Bertz CT molecular complexity index is 403. The summed E-state index contributed by atoms with van der Waals surface area (Å²) in [6.07, 6.45) is 21.0. The molecule has 0 bridgehead atoms. The molecule has 4 nitrogen and oxygen atoms in total. The molecule has 0 aliphatic rings. The van der Waals surface area contributed by atoms with E-state index >= 15 is 0 Å². The van der Waals surface area contributed by atoms with Gasteiger partial charge in [0.2, 0.25) is 0 Å². The van der Waals surface area contributed by atoms with Gasteiger partial charge in [-0.25, -0.2) is 4.79 Å². The van der Waals surface area contributed by atoms with Gasteiger partial charge in [-0.05, 0) is 6.42 Å². The molecule has 0 unspecified atom stereocenters. The molecule has 4 heteroatoms. The van der Waals surface area contributed by atoms with Gasteiger partial charge in [0.25, 0.3) is 0 Å². The van der Waals surface area contributed by atoms with Crippen LogP contribution in [0.1, 0.15) is 116 Å². The Morgan fingerprint density at radius 1 is 0.679 bits per heavy atom. The van der Waals surface area contributed by atoms with Crippen LogP contribution in [0.4, 0.5) is 0 Å². The molecule has 28 heavy (non-hydrogen) atoms. The zero-order chi connectivity index (χ0) is 20.9. The summed E-state index contributed by atoms with van der Waals surface area (Å²) in [6.45, 7) is 6.23. The largest absolute Gasteiger partial charge is 0.469 e. The first-order valence-corrected chi connectivity index (χ1v) is 11.5. The van der Waals surface area contributed by atoms with Gasteiger partial charge in [-0.15, -0.1) is 0 Å². The predicted octanol–water partition coefficient (Wildman–Crippen LogP) is 6.91. The Morgan fingerprint density at radius 2 is 1.07 bits per heavy atom. The SMILES string of the molecule is C=C(CC(=O)OC)C(=O)OCCCCCCCCCCCCCCCCCC. The van der Waals surface area contributed by atoms with Crippen LogP contribution in [0, 0.1) is 0 Å². The van der Waals surface area contributed by atoms with Crippen molar-refractivity contribution in [3.8, 4) is 0 Å². The Hall–Kier alpha value is -1.32. The third-order valence-electron chi connectivity index (χ3n) is 5.11. The Labute approximate surface area is 173 Å². The second-order valence-electron chi connectivity index (χ2n) is 7.80. The molecule has 0 fully saturated rings. The third-order valence-corrected chi connectivity index (χ3v) is 5.11. The number of ether oxygens (including phenoxy) is 2. The van der Waals surface area contributed by atoms with E-state index in [0.29, 0.717) is 6.61 Å². The summed E-state index contributed by atoms with van der Waals surface area (Å²) in [5.74, 6) is -0.962. The molecule has 0 atom stereocenters. The summed E-state index contributed by atoms with van der Waals surface area (Å²) in [5, 5.41) is 0. The van der Waals surface area contributed by atoms with Crippen molar-refractivity contribution in [1.82, 2.24) is 0 Å². The zero-order valence-electron chi connectivity index (χ0n) is 18.6. The van der Waals surface area contributed by atoms with Crippen molar-refractivity contribution in [3.05, 3.63) is 12.2 Å². The Kier molecular flexibility index (Phi) is 19.5. The van der Waals surface area contributed by atoms with E-state index < -0.39 is 11.9 Å². The lowest BCUT2D eigenvalue weighted by molar-refractivity contribution is -0.144. The van der Waals surface area contributed by atoms with E-state index in [1.807, 2.05) is 0 Å². The number of hydrogen-bond donors (Lipinski definition) is 0. The van der Waals surface area contributed by atoms with E-state index in [1.54, 1.807) is 0 Å². The van der Waals surface area contributed by atoms with Crippen molar-refractivity contribution in [2.75, 3.05) is 13.7 Å². The molecule has 0 saturated carbocycles. The van der Waals surface area contributed by atoms with Crippen LogP contribution in [-0.2, 0) is 19.1 Å². The lowest BCUT2D eigenvalue weighted by atomic mass is 10.0. The number of methoxy groups -OCH3 is 1. The molecule has 0 aliphatic carbocycles. The molecule has 0 spiro atoms. The van der Waals surface area contributed by atoms with Crippen LogP contribution in [0.5, 0.6) is 0 Å². The van der Waals surface area contributed by atoms with Gasteiger partial charge in [-0.2, -0.15) is 0 Å². The van der Waals surface area contributed by atoms with Gasteiger partial charge in [-0.1, -0.05) is 110 Å². The number of esters is 2. The molecule has 0 N–H and O–H groups in total. The van der Waals surface area contributed by atoms with E-state index in [4.69, 9.17) is 4.74 Å². The molecule has 0 aliphatic heterocycles. The standard InChI is InChI=1S/C24H44O4/c1-4-5-6-7-8-9-10-11-12-13-14-15-16-17-18-19-20-28-24(26)22(2)21-23(25)27-3/h2,4-21H2,1,3H3. The van der Waals surface area contributed by atoms with Gasteiger partial charge in [0.05, 0.1) is 20.1 Å². The number of carbonyl (C=O) groups excluding carboxylic acids is 2. The predicted molar refractivity (Wildman–Crippen MR) is 116 cm³/mol. The van der Waals surface area contributed by atoms with Crippen molar-refractivity contribution in [2.24, 2.45) is 0 Å². The van der Waals surface area contributed by atoms with Gasteiger partial charge in [0, 0.05) is 5.57 Å². The highest BCUT2D eigenvalue weighted by Crippen LogP contribution is 2.13. The van der Waals surface area contributed by atoms with E-state index in [-0.39, 0.29) is 12.0 Å². The lowest BCUT2D eigenvalue weighted by Gasteiger charge is -2.06. The Morgan fingerprint density at radius 3 is 1.46 bits per heavy atom. The fourth-order valence-electron chi connectivity index (χ4n) is 3.24. The lowest BCUT2D eigenvalue weighted by Crippen LogP contribution is -2.12. The number of hydrogen-bond acceptors (Lipinski definition) is 4. The molecule has 164 valence electrons. The number of unbranched alkanes of at least 4 members (excludes halogenated alkanes) is 15. The average molecular weight is 397 g/mol. The first kappa shape index (κ1) is 26.7. The normalized spacial score (nSPS) is 10.6. The summed E-state index contributed by atoms with van der Waals surface area (Å²) in [5.41, 5.74) is 0.156. The van der Waals surface area contributed by atoms with E-state index in [2.05, 4.69) is 18.2 Å². The summed E-state index contributed by atoms with van der Waals surface area (Å²) in [6, 6.07) is 0. The molecular weight excluding hydrogens is 352 g/mol. The minimum Gasteiger partial charge on any atom is -0.469 e. The third kappa shape index (κ3) is 18.1. The van der Waals surface area contributed by atoms with E-state index in [9.17, 15) is 9.59 Å². The van der Waals surface area contributed by atoms with Gasteiger partial charge >= 0.3 is 11.9 Å². The highest BCUT2D eigenvalue weighted by molar-refractivity contribution is 5.93. The molecule has 0 amide bonds. The minimum atomic E-state index is -0.494. The topological polar surface area (TPSA) is 52.6 Å². The van der Waals surface area contributed by atoms with Gasteiger partial charge < -0.3 is 9.47 Å². The smallest absolute Gasteiger partial charge is 0.333 e. The molecule has 0 aromatic heterocycles. The van der Waals surface area contributed by atoms with Crippen LogP contribution in [0.3, 0.4) is 0 Å². The van der Waals surface area contributed by atoms with E-state index in [0.717, 1.165) is 12.8 Å². The second-order valence-corrected chi connectivity index (χ2v) is 7.80. The second kappa shape index (κ2) is 20.4.